The van der Waals surface area contributed by atoms with Gasteiger partial charge in [-0.25, -0.2) is 0 Å². The molecule has 1 N–H and O–H groups in total. The molecule has 1 unspecified atom stereocenters. The van der Waals surface area contributed by atoms with Gasteiger partial charge in [-0.3, -0.25) is 19.3 Å². The number of benzene rings is 2. The van der Waals surface area contributed by atoms with Crippen molar-refractivity contribution in [2.75, 3.05) is 13.1 Å². The van der Waals surface area contributed by atoms with Crippen LogP contribution < -0.4 is 5.32 Å². The van der Waals surface area contributed by atoms with Crippen LogP contribution in [0.1, 0.15) is 40.5 Å². The van der Waals surface area contributed by atoms with Crippen LogP contribution in [0.15, 0.2) is 36.4 Å². The Hall–Kier alpha value is -3.20. The van der Waals surface area contributed by atoms with Crippen molar-refractivity contribution in [2.45, 2.75) is 19.8 Å². The lowest BCUT2D eigenvalue weighted by molar-refractivity contribution is -0.121. The lowest BCUT2D eigenvalue weighted by atomic mass is 9.94. The second-order valence-corrected chi connectivity index (χ2v) is 6.41. The zero-order valence-corrected chi connectivity index (χ0v) is 14.5. The number of hydrogen-bond donors (Lipinski definition) is 1. The molecule has 0 fully saturated rings. The van der Waals surface area contributed by atoms with Gasteiger partial charge < -0.3 is 5.32 Å². The van der Waals surface area contributed by atoms with Gasteiger partial charge in [-0.15, -0.1) is 0 Å². The third kappa shape index (κ3) is 3.29. The highest BCUT2D eigenvalue weighted by atomic mass is 16.2. The standard InChI is InChI=1S/C20H19N3O3/c1-13(11-21)12-22-17(24)9-4-10-23-19(25)15-7-2-5-14-6-3-8-16(18(14)15)20(23)26/h2-3,5-8,13H,4,9-10,12H2,1H3,(H,22,24). The topological polar surface area (TPSA) is 90.3 Å². The highest BCUT2D eigenvalue weighted by molar-refractivity contribution is 6.25. The van der Waals surface area contributed by atoms with Crippen LogP contribution >= 0.6 is 0 Å². The highest BCUT2D eigenvalue weighted by Crippen LogP contribution is 2.29. The Kier molecular flexibility index (Phi) is 4.99. The molecule has 0 saturated carbocycles. The van der Waals surface area contributed by atoms with Crippen LogP contribution in [0.2, 0.25) is 0 Å². The first-order chi connectivity index (χ1) is 12.5. The molecule has 0 aromatic heterocycles. The van der Waals surface area contributed by atoms with Gasteiger partial charge in [-0.05, 0) is 30.9 Å². The summed E-state index contributed by atoms with van der Waals surface area (Å²) in [4.78, 5) is 38.4. The van der Waals surface area contributed by atoms with Crippen molar-refractivity contribution in [2.24, 2.45) is 5.92 Å². The molecular weight excluding hydrogens is 330 g/mol. The Balaban J connectivity index is 1.67. The summed E-state index contributed by atoms with van der Waals surface area (Å²) in [6, 6.07) is 12.9. The summed E-state index contributed by atoms with van der Waals surface area (Å²) in [6.45, 7) is 2.21. The monoisotopic (exact) mass is 349 g/mol. The average Bonchev–Trinajstić information content (AvgIpc) is 2.66. The van der Waals surface area contributed by atoms with Gasteiger partial charge in [0.2, 0.25) is 5.91 Å². The zero-order chi connectivity index (χ0) is 18.7. The molecule has 26 heavy (non-hydrogen) atoms. The third-order valence-corrected chi connectivity index (χ3v) is 4.47. The first-order valence-corrected chi connectivity index (χ1v) is 8.57. The van der Waals surface area contributed by atoms with Gasteiger partial charge in [-0.2, -0.15) is 5.26 Å². The largest absolute Gasteiger partial charge is 0.355 e. The van der Waals surface area contributed by atoms with Gasteiger partial charge in [0.1, 0.15) is 0 Å². The second-order valence-electron chi connectivity index (χ2n) is 6.41. The molecule has 3 amide bonds. The third-order valence-electron chi connectivity index (χ3n) is 4.47. The number of nitriles is 1. The average molecular weight is 349 g/mol. The van der Waals surface area contributed by atoms with Gasteiger partial charge in [0.05, 0.1) is 12.0 Å². The van der Waals surface area contributed by atoms with E-state index in [9.17, 15) is 14.4 Å². The van der Waals surface area contributed by atoms with Crippen LogP contribution in [-0.2, 0) is 4.79 Å². The number of nitrogens with zero attached hydrogens (tertiary/aromatic N) is 2. The fraction of sp³-hybridized carbons (Fsp3) is 0.300. The predicted molar refractivity (Wildman–Crippen MR) is 96.3 cm³/mol. The van der Waals surface area contributed by atoms with E-state index < -0.39 is 0 Å². The Morgan fingerprint density at radius 3 is 2.35 bits per heavy atom. The molecule has 1 atom stereocenters. The summed E-state index contributed by atoms with van der Waals surface area (Å²) >= 11 is 0. The molecule has 6 nitrogen and oxygen atoms in total. The number of carbonyl (C=O) groups is 3. The second kappa shape index (κ2) is 7.36. The number of rotatable bonds is 6. The molecule has 2 aromatic carbocycles. The molecule has 0 aliphatic carbocycles. The molecule has 0 radical (unpaired) electrons. The molecule has 0 bridgehead atoms. The van der Waals surface area contributed by atoms with E-state index in [1.165, 1.54) is 4.90 Å². The summed E-state index contributed by atoms with van der Waals surface area (Å²) in [5.41, 5.74) is 1.04. The lowest BCUT2D eigenvalue weighted by Crippen LogP contribution is -2.41. The van der Waals surface area contributed by atoms with E-state index >= 15 is 0 Å². The maximum atomic E-state index is 12.7. The van der Waals surface area contributed by atoms with Gasteiger partial charge in [-0.1, -0.05) is 24.3 Å². The Labute approximate surface area is 151 Å². The number of imide groups is 1. The normalized spacial score (nSPS) is 14.2. The summed E-state index contributed by atoms with van der Waals surface area (Å²) in [6.07, 6.45) is 0.573. The van der Waals surface area contributed by atoms with Crippen LogP contribution in [0.5, 0.6) is 0 Å². The minimum atomic E-state index is -0.321. The Morgan fingerprint density at radius 1 is 1.15 bits per heavy atom. The van der Waals surface area contributed by atoms with E-state index in [4.69, 9.17) is 5.26 Å². The Bertz CT molecular complexity index is 879. The van der Waals surface area contributed by atoms with Crippen LogP contribution in [-0.4, -0.2) is 35.7 Å². The van der Waals surface area contributed by atoms with Crippen LogP contribution in [0.4, 0.5) is 0 Å². The van der Waals surface area contributed by atoms with Crippen molar-refractivity contribution >= 4 is 28.5 Å². The van der Waals surface area contributed by atoms with Crippen molar-refractivity contribution in [3.05, 3.63) is 47.5 Å². The fourth-order valence-corrected chi connectivity index (χ4v) is 3.08. The van der Waals surface area contributed by atoms with E-state index in [-0.39, 0.29) is 36.6 Å². The first kappa shape index (κ1) is 17.6. The molecule has 0 saturated heterocycles. The van der Waals surface area contributed by atoms with Crippen molar-refractivity contribution < 1.29 is 14.4 Å². The van der Waals surface area contributed by atoms with Crippen LogP contribution in [0, 0.1) is 17.2 Å². The number of amides is 3. The molecule has 1 aliphatic rings. The van der Waals surface area contributed by atoms with Gasteiger partial charge in [0.25, 0.3) is 11.8 Å². The minimum Gasteiger partial charge on any atom is -0.355 e. The summed E-state index contributed by atoms with van der Waals surface area (Å²) in [5.74, 6) is -1.08. The van der Waals surface area contributed by atoms with E-state index in [2.05, 4.69) is 5.32 Å². The summed E-state index contributed by atoms with van der Waals surface area (Å²) in [7, 11) is 0. The molecule has 132 valence electrons. The molecule has 6 heteroatoms. The number of nitrogens with one attached hydrogen (secondary N) is 1. The van der Waals surface area contributed by atoms with E-state index in [1.807, 2.05) is 18.2 Å². The van der Waals surface area contributed by atoms with Crippen LogP contribution in [0.25, 0.3) is 10.8 Å². The number of hydrogen-bond acceptors (Lipinski definition) is 4. The predicted octanol–water partition coefficient (Wildman–Crippen LogP) is 2.49. The first-order valence-electron chi connectivity index (χ1n) is 8.57. The van der Waals surface area contributed by atoms with Crippen molar-refractivity contribution in [1.82, 2.24) is 10.2 Å². The summed E-state index contributed by atoms with van der Waals surface area (Å²) in [5, 5.41) is 13.0. The van der Waals surface area contributed by atoms with Gasteiger partial charge in [0.15, 0.2) is 0 Å². The van der Waals surface area contributed by atoms with Gasteiger partial charge >= 0.3 is 0 Å². The Morgan fingerprint density at radius 2 is 1.77 bits per heavy atom. The van der Waals surface area contributed by atoms with Crippen molar-refractivity contribution in [3.8, 4) is 6.07 Å². The fourth-order valence-electron chi connectivity index (χ4n) is 3.08. The molecular formula is C20H19N3O3. The highest BCUT2D eigenvalue weighted by Gasteiger charge is 2.32. The maximum Gasteiger partial charge on any atom is 0.261 e. The van der Waals surface area contributed by atoms with Gasteiger partial charge in [0, 0.05) is 36.0 Å². The minimum absolute atomic E-state index is 0.184. The van der Waals surface area contributed by atoms with E-state index in [0.717, 1.165) is 5.39 Å². The molecule has 1 aliphatic heterocycles. The molecule has 0 spiro atoms. The van der Waals surface area contributed by atoms with Crippen LogP contribution in [0.3, 0.4) is 0 Å². The molecule has 3 rings (SSSR count). The zero-order valence-electron chi connectivity index (χ0n) is 14.5. The number of carbonyl (C=O) groups excluding carboxylic acids is 3. The SMILES string of the molecule is CC(C#N)CNC(=O)CCCN1C(=O)c2cccc3cccc(c23)C1=O. The van der Waals surface area contributed by atoms with Crippen molar-refractivity contribution in [1.29, 1.82) is 5.26 Å². The smallest absolute Gasteiger partial charge is 0.261 e. The quantitative estimate of drug-likeness (QED) is 0.811. The lowest BCUT2D eigenvalue weighted by Gasteiger charge is -2.27. The maximum absolute atomic E-state index is 12.7. The van der Waals surface area contributed by atoms with E-state index in [1.54, 1.807) is 31.2 Å². The molecule has 2 aromatic rings. The van der Waals surface area contributed by atoms with Crippen molar-refractivity contribution in [3.63, 3.8) is 0 Å². The van der Waals surface area contributed by atoms with E-state index in [0.29, 0.717) is 29.5 Å². The summed E-state index contributed by atoms with van der Waals surface area (Å²) < 4.78 is 0. The molecule has 1 heterocycles.